The van der Waals surface area contributed by atoms with E-state index < -0.39 is 22.8 Å². The lowest BCUT2D eigenvalue weighted by molar-refractivity contribution is -0.384. The van der Waals surface area contributed by atoms with Crippen LogP contribution in [0.15, 0.2) is 40.7 Å². The number of carboxylic acid groups (broad SMARTS) is 2. The highest BCUT2D eigenvalue weighted by Crippen LogP contribution is 2.43. The van der Waals surface area contributed by atoms with Gasteiger partial charge >= 0.3 is 11.9 Å². The number of rotatable bonds is 5. The Balaban J connectivity index is 2.84. The Bertz CT molecular complexity index is 803. The largest absolute Gasteiger partial charge is 0.496 e. The maximum Gasteiger partial charge on any atom is 0.334 e. The molecule has 1 aromatic carbocycles. The molecule has 0 saturated carbocycles. The van der Waals surface area contributed by atoms with E-state index >= 15 is 0 Å². The van der Waals surface area contributed by atoms with Crippen molar-refractivity contribution < 1.29 is 29.5 Å². The lowest BCUT2D eigenvalue weighted by Gasteiger charge is -2.29. The molecule has 0 aromatic heterocycles. The summed E-state index contributed by atoms with van der Waals surface area (Å²) in [6.45, 7) is 3.00. The number of aliphatic carboxylic acids is 2. The van der Waals surface area contributed by atoms with Crippen LogP contribution in [-0.2, 0) is 9.59 Å². The van der Waals surface area contributed by atoms with Crippen LogP contribution in [0.4, 0.5) is 5.69 Å². The molecule has 1 aromatic rings. The van der Waals surface area contributed by atoms with Gasteiger partial charge in [-0.25, -0.2) is 9.59 Å². The standard InChI is InChI=1S/C16H16N2O7/c1-7-12(15(19)20)14(13(16(21)22)8(2)17-7)10-6-9(18(23)24)4-5-11(10)25-3/h4-6,14,17H,1-3H3,(H,19,20)(H,21,22). The number of nitrogens with zero attached hydrogens (tertiary/aromatic N) is 1. The zero-order valence-electron chi connectivity index (χ0n) is 13.7. The van der Waals surface area contributed by atoms with Crippen LogP contribution in [0.3, 0.4) is 0 Å². The van der Waals surface area contributed by atoms with Gasteiger partial charge in [0.25, 0.3) is 5.69 Å². The first-order valence-electron chi connectivity index (χ1n) is 7.16. The number of nitro benzene ring substituents is 1. The molecule has 0 fully saturated rings. The van der Waals surface area contributed by atoms with Crippen LogP contribution in [-0.4, -0.2) is 34.2 Å². The van der Waals surface area contributed by atoms with Gasteiger partial charge in [-0.05, 0) is 19.9 Å². The molecule has 3 N–H and O–H groups in total. The highest BCUT2D eigenvalue weighted by atomic mass is 16.6. The number of allylic oxidation sites excluding steroid dienone is 2. The first-order chi connectivity index (χ1) is 11.7. The summed E-state index contributed by atoms with van der Waals surface area (Å²) in [6.07, 6.45) is 0. The van der Waals surface area contributed by atoms with Crippen molar-refractivity contribution in [3.63, 3.8) is 0 Å². The third-order valence-corrected chi connectivity index (χ3v) is 3.96. The van der Waals surface area contributed by atoms with Gasteiger partial charge in [0.2, 0.25) is 0 Å². The zero-order valence-corrected chi connectivity index (χ0v) is 13.7. The van der Waals surface area contributed by atoms with Crippen LogP contribution in [0, 0.1) is 10.1 Å². The third-order valence-electron chi connectivity index (χ3n) is 3.96. The Kier molecular flexibility index (Phi) is 4.77. The number of non-ortho nitro benzene ring substituents is 1. The average Bonchev–Trinajstić information content (AvgIpc) is 2.52. The number of hydrogen-bond donors (Lipinski definition) is 3. The van der Waals surface area contributed by atoms with Gasteiger partial charge in [-0.1, -0.05) is 0 Å². The van der Waals surface area contributed by atoms with Crippen LogP contribution in [0.5, 0.6) is 5.75 Å². The first-order valence-corrected chi connectivity index (χ1v) is 7.16. The number of benzene rings is 1. The smallest absolute Gasteiger partial charge is 0.334 e. The maximum atomic E-state index is 11.8. The predicted molar refractivity (Wildman–Crippen MR) is 86.2 cm³/mol. The first kappa shape index (κ1) is 18.0. The van der Waals surface area contributed by atoms with Gasteiger partial charge in [-0.2, -0.15) is 0 Å². The van der Waals surface area contributed by atoms with E-state index in [1.54, 1.807) is 0 Å². The van der Waals surface area contributed by atoms with Crippen LogP contribution in [0.2, 0.25) is 0 Å². The quantitative estimate of drug-likeness (QED) is 0.542. The summed E-state index contributed by atoms with van der Waals surface area (Å²) in [5.41, 5.74) is -0.0865. The lowest BCUT2D eigenvalue weighted by atomic mass is 9.80. The minimum atomic E-state index is -1.32. The highest BCUT2D eigenvalue weighted by molar-refractivity contribution is 5.98. The number of nitro groups is 1. The van der Waals surface area contributed by atoms with Crippen molar-refractivity contribution in [1.82, 2.24) is 5.32 Å². The normalized spacial score (nSPS) is 15.0. The molecule has 0 amide bonds. The Morgan fingerprint density at radius 2 is 1.68 bits per heavy atom. The molecule has 25 heavy (non-hydrogen) atoms. The van der Waals surface area contributed by atoms with Crippen molar-refractivity contribution >= 4 is 17.6 Å². The van der Waals surface area contributed by atoms with Crippen LogP contribution in [0.25, 0.3) is 0 Å². The number of ether oxygens (including phenoxy) is 1. The molecule has 2 rings (SSSR count). The number of nitrogens with one attached hydrogen (secondary N) is 1. The van der Waals surface area contributed by atoms with Crippen LogP contribution >= 0.6 is 0 Å². The molecular weight excluding hydrogens is 332 g/mol. The summed E-state index contributed by atoms with van der Waals surface area (Å²) in [6, 6.07) is 3.66. The third kappa shape index (κ3) is 3.16. The van der Waals surface area contributed by atoms with Gasteiger partial charge in [0, 0.05) is 29.1 Å². The van der Waals surface area contributed by atoms with Crippen molar-refractivity contribution in [2.24, 2.45) is 0 Å². The molecule has 0 bridgehead atoms. The number of carbonyl (C=O) groups is 2. The molecule has 1 aliphatic rings. The second-order valence-electron chi connectivity index (χ2n) is 5.43. The van der Waals surface area contributed by atoms with E-state index in [-0.39, 0.29) is 39.5 Å². The SMILES string of the molecule is COc1ccc([N+](=O)[O-])cc1C1C(C(=O)O)=C(C)NC(C)=C1C(=O)O. The number of hydrogen-bond acceptors (Lipinski definition) is 6. The van der Waals surface area contributed by atoms with E-state index in [1.165, 1.54) is 33.1 Å². The number of dihydropyridines is 1. The summed E-state index contributed by atoms with van der Waals surface area (Å²) < 4.78 is 5.19. The van der Waals surface area contributed by atoms with E-state index in [4.69, 9.17) is 4.74 Å². The fourth-order valence-electron chi connectivity index (χ4n) is 2.93. The summed E-state index contributed by atoms with van der Waals surface area (Å²) in [5, 5.41) is 33.0. The lowest BCUT2D eigenvalue weighted by Crippen LogP contribution is -2.31. The molecule has 1 aliphatic heterocycles. The topological polar surface area (TPSA) is 139 Å². The molecule has 0 radical (unpaired) electrons. The van der Waals surface area contributed by atoms with Gasteiger partial charge in [-0.3, -0.25) is 10.1 Å². The predicted octanol–water partition coefficient (Wildman–Crippen LogP) is 2.01. The molecule has 9 heteroatoms. The van der Waals surface area contributed by atoms with Gasteiger partial charge in [0.15, 0.2) is 0 Å². The Hall–Kier alpha value is -3.36. The number of methoxy groups -OCH3 is 1. The van der Waals surface area contributed by atoms with E-state index in [0.717, 1.165) is 6.07 Å². The van der Waals surface area contributed by atoms with E-state index in [0.29, 0.717) is 0 Å². The Morgan fingerprint density at radius 3 is 2.08 bits per heavy atom. The van der Waals surface area contributed by atoms with Gasteiger partial charge in [0.1, 0.15) is 5.75 Å². The zero-order chi connectivity index (χ0) is 18.9. The minimum Gasteiger partial charge on any atom is -0.496 e. The van der Waals surface area contributed by atoms with Crippen molar-refractivity contribution in [2.45, 2.75) is 19.8 Å². The molecule has 9 nitrogen and oxygen atoms in total. The Morgan fingerprint density at radius 1 is 1.16 bits per heavy atom. The highest BCUT2D eigenvalue weighted by Gasteiger charge is 2.38. The molecule has 0 spiro atoms. The summed E-state index contributed by atoms with van der Waals surface area (Å²) in [4.78, 5) is 34.0. The molecule has 0 unspecified atom stereocenters. The van der Waals surface area contributed by atoms with Crippen molar-refractivity contribution in [1.29, 1.82) is 0 Å². The molecule has 132 valence electrons. The molecular formula is C16H16N2O7. The van der Waals surface area contributed by atoms with Crippen LogP contribution in [0.1, 0.15) is 25.3 Å². The van der Waals surface area contributed by atoms with Gasteiger partial charge in [0.05, 0.1) is 29.1 Å². The Labute approximate surface area is 142 Å². The molecule has 1 heterocycles. The van der Waals surface area contributed by atoms with Crippen molar-refractivity contribution in [3.05, 3.63) is 56.4 Å². The molecule has 0 atom stereocenters. The van der Waals surface area contributed by atoms with Gasteiger partial charge < -0.3 is 20.3 Å². The fraction of sp³-hybridized carbons (Fsp3) is 0.250. The van der Waals surface area contributed by atoms with E-state index in [2.05, 4.69) is 5.32 Å². The molecule has 0 aliphatic carbocycles. The summed E-state index contributed by atoms with van der Waals surface area (Å²) >= 11 is 0. The molecule has 0 saturated heterocycles. The fourth-order valence-corrected chi connectivity index (χ4v) is 2.93. The van der Waals surface area contributed by atoms with Crippen molar-refractivity contribution in [3.8, 4) is 5.75 Å². The second-order valence-corrected chi connectivity index (χ2v) is 5.43. The van der Waals surface area contributed by atoms with Gasteiger partial charge in [-0.15, -0.1) is 0 Å². The summed E-state index contributed by atoms with van der Waals surface area (Å²) in [5.74, 6) is -3.70. The van der Waals surface area contributed by atoms with E-state index in [9.17, 15) is 29.9 Å². The minimum absolute atomic E-state index is 0.103. The average molecular weight is 348 g/mol. The monoisotopic (exact) mass is 348 g/mol. The van der Waals surface area contributed by atoms with Crippen molar-refractivity contribution in [2.75, 3.05) is 7.11 Å². The number of carboxylic acids is 2. The maximum absolute atomic E-state index is 11.8. The van der Waals surface area contributed by atoms with Crippen LogP contribution < -0.4 is 10.1 Å². The van der Waals surface area contributed by atoms with E-state index in [1.807, 2.05) is 0 Å². The summed E-state index contributed by atoms with van der Waals surface area (Å²) in [7, 11) is 1.32. The second kappa shape index (κ2) is 6.63.